The fraction of sp³-hybridized carbons (Fsp3) is 0.467. The number of aliphatic hydroxyl groups is 1. The highest BCUT2D eigenvalue weighted by atomic mass is 16.5. The number of fused-ring (bicyclic) bond motifs is 1. The first-order valence-corrected chi connectivity index (χ1v) is 7.10. The summed E-state index contributed by atoms with van der Waals surface area (Å²) in [4.78, 5) is 23.0. The molecule has 0 radical (unpaired) electrons. The van der Waals surface area contributed by atoms with Crippen LogP contribution < -0.4 is 15.4 Å². The van der Waals surface area contributed by atoms with E-state index in [1.807, 2.05) is 6.07 Å². The van der Waals surface area contributed by atoms with Crippen molar-refractivity contribution in [2.45, 2.75) is 12.5 Å². The van der Waals surface area contributed by atoms with E-state index in [0.717, 1.165) is 17.7 Å². The number of amides is 2. The van der Waals surface area contributed by atoms with Gasteiger partial charge in [-0.25, -0.2) is 0 Å². The number of benzene rings is 1. The van der Waals surface area contributed by atoms with Gasteiger partial charge in [-0.05, 0) is 23.3 Å². The average Bonchev–Trinajstić information content (AvgIpc) is 2.99. The molecule has 0 saturated carbocycles. The molecule has 7 heteroatoms. The maximum absolute atomic E-state index is 11.6. The molecule has 1 atom stereocenters. The number of aliphatic hydroxyl groups excluding tert-OH is 1. The van der Waals surface area contributed by atoms with Crippen LogP contribution in [0.15, 0.2) is 18.2 Å². The zero-order valence-corrected chi connectivity index (χ0v) is 12.4. The van der Waals surface area contributed by atoms with E-state index < -0.39 is 17.9 Å². The summed E-state index contributed by atoms with van der Waals surface area (Å²) in [6, 6.07) is 5.41. The van der Waals surface area contributed by atoms with Gasteiger partial charge in [0.05, 0.1) is 19.3 Å². The van der Waals surface area contributed by atoms with Crippen molar-refractivity contribution in [2.75, 3.05) is 33.4 Å². The Labute approximate surface area is 128 Å². The van der Waals surface area contributed by atoms with Crippen LogP contribution in [0.4, 0.5) is 0 Å². The van der Waals surface area contributed by atoms with Gasteiger partial charge in [0.15, 0.2) is 0 Å². The van der Waals surface area contributed by atoms with Crippen molar-refractivity contribution in [1.29, 1.82) is 0 Å². The molecule has 2 rings (SSSR count). The van der Waals surface area contributed by atoms with Gasteiger partial charge in [-0.3, -0.25) is 9.59 Å². The molecule has 1 aromatic rings. The summed E-state index contributed by atoms with van der Waals surface area (Å²) in [7, 11) is 1.50. The smallest absolute Gasteiger partial charge is 0.309 e. The van der Waals surface area contributed by atoms with Crippen LogP contribution >= 0.6 is 0 Å². The number of carbonyl (C=O) groups excluding carboxylic acids is 2. The van der Waals surface area contributed by atoms with E-state index in [4.69, 9.17) is 9.47 Å². The lowest BCUT2D eigenvalue weighted by atomic mass is 10.0. The first-order chi connectivity index (χ1) is 10.6. The molecule has 2 amide bonds. The van der Waals surface area contributed by atoms with E-state index in [1.165, 1.54) is 7.11 Å². The largest absolute Gasteiger partial charge is 0.493 e. The number of nitrogens with one attached hydrogen (secondary N) is 2. The van der Waals surface area contributed by atoms with Gasteiger partial charge in [0.1, 0.15) is 5.75 Å². The van der Waals surface area contributed by atoms with Crippen molar-refractivity contribution in [3.8, 4) is 5.75 Å². The van der Waals surface area contributed by atoms with Gasteiger partial charge < -0.3 is 25.2 Å². The number of hydrogen-bond donors (Lipinski definition) is 3. The molecule has 0 aliphatic carbocycles. The lowest BCUT2D eigenvalue weighted by Gasteiger charge is -2.13. The lowest BCUT2D eigenvalue weighted by Crippen LogP contribution is -2.42. The van der Waals surface area contributed by atoms with Gasteiger partial charge >= 0.3 is 11.8 Å². The Balaban J connectivity index is 1.81. The van der Waals surface area contributed by atoms with Crippen LogP contribution in [0.2, 0.25) is 0 Å². The van der Waals surface area contributed by atoms with Gasteiger partial charge in [0.25, 0.3) is 0 Å². The quantitative estimate of drug-likeness (QED) is 0.488. The Morgan fingerprint density at radius 2 is 2.14 bits per heavy atom. The summed E-state index contributed by atoms with van der Waals surface area (Å²) in [6.07, 6.45) is -0.0638. The molecule has 1 unspecified atom stereocenters. The van der Waals surface area contributed by atoms with E-state index in [9.17, 15) is 14.7 Å². The lowest BCUT2D eigenvalue weighted by molar-refractivity contribution is -0.139. The molecule has 1 heterocycles. The second-order valence-electron chi connectivity index (χ2n) is 4.94. The van der Waals surface area contributed by atoms with Crippen molar-refractivity contribution < 1.29 is 24.2 Å². The Morgan fingerprint density at radius 1 is 1.36 bits per heavy atom. The van der Waals surface area contributed by atoms with E-state index in [0.29, 0.717) is 18.8 Å². The highest BCUT2D eigenvalue weighted by Gasteiger charge is 2.18. The minimum atomic E-state index is -0.873. The first-order valence-electron chi connectivity index (χ1n) is 7.10. The third-order valence-corrected chi connectivity index (χ3v) is 3.35. The van der Waals surface area contributed by atoms with Crippen LogP contribution in [0, 0.1) is 0 Å². The number of methoxy groups -OCH3 is 1. The summed E-state index contributed by atoms with van der Waals surface area (Å²) in [5.41, 5.74) is 1.73. The fourth-order valence-electron chi connectivity index (χ4n) is 2.15. The van der Waals surface area contributed by atoms with Crippen molar-refractivity contribution >= 4 is 11.8 Å². The van der Waals surface area contributed by atoms with Crippen LogP contribution in [-0.2, 0) is 20.7 Å². The standard InChI is InChI=1S/C15H20N2O5/c1-21-7-5-16-14(19)15(20)17-9-12(18)10-2-3-13-11(8-10)4-6-22-13/h2-3,8,12,18H,4-7,9H2,1H3,(H,16,19)(H,17,20). The highest BCUT2D eigenvalue weighted by Crippen LogP contribution is 2.27. The molecule has 0 spiro atoms. The maximum atomic E-state index is 11.6. The fourth-order valence-corrected chi connectivity index (χ4v) is 2.15. The Bertz CT molecular complexity index is 547. The zero-order chi connectivity index (χ0) is 15.9. The summed E-state index contributed by atoms with van der Waals surface area (Å²) >= 11 is 0. The van der Waals surface area contributed by atoms with E-state index in [1.54, 1.807) is 12.1 Å². The van der Waals surface area contributed by atoms with Crippen LogP contribution in [0.25, 0.3) is 0 Å². The topological polar surface area (TPSA) is 96.9 Å². The molecule has 1 aromatic carbocycles. The molecule has 0 saturated heterocycles. The van der Waals surface area contributed by atoms with E-state index in [-0.39, 0.29) is 13.1 Å². The van der Waals surface area contributed by atoms with Crippen LogP contribution in [0.3, 0.4) is 0 Å². The van der Waals surface area contributed by atoms with Crippen molar-refractivity contribution in [3.05, 3.63) is 29.3 Å². The SMILES string of the molecule is COCCNC(=O)C(=O)NCC(O)c1ccc2c(c1)CCO2. The van der Waals surface area contributed by atoms with Gasteiger partial charge in [-0.1, -0.05) is 6.07 Å². The van der Waals surface area contributed by atoms with Gasteiger partial charge in [0.2, 0.25) is 0 Å². The van der Waals surface area contributed by atoms with E-state index >= 15 is 0 Å². The van der Waals surface area contributed by atoms with Gasteiger partial charge in [-0.2, -0.15) is 0 Å². The maximum Gasteiger partial charge on any atom is 0.309 e. The number of rotatable bonds is 6. The van der Waals surface area contributed by atoms with Gasteiger partial charge in [0, 0.05) is 26.6 Å². The number of ether oxygens (including phenoxy) is 2. The van der Waals surface area contributed by atoms with E-state index in [2.05, 4.69) is 10.6 Å². The molecule has 7 nitrogen and oxygen atoms in total. The van der Waals surface area contributed by atoms with Crippen molar-refractivity contribution in [1.82, 2.24) is 10.6 Å². The van der Waals surface area contributed by atoms with Crippen LogP contribution in [0.5, 0.6) is 5.75 Å². The predicted molar refractivity (Wildman–Crippen MR) is 78.5 cm³/mol. The number of carbonyl (C=O) groups is 2. The third kappa shape index (κ3) is 4.19. The Hall–Kier alpha value is -2.12. The molecular formula is C15H20N2O5. The predicted octanol–water partition coefficient (Wildman–Crippen LogP) is -0.466. The molecule has 120 valence electrons. The molecule has 1 aliphatic rings. The summed E-state index contributed by atoms with van der Waals surface area (Å²) in [5, 5.41) is 14.9. The van der Waals surface area contributed by atoms with Crippen molar-refractivity contribution in [3.63, 3.8) is 0 Å². The molecule has 0 aromatic heterocycles. The summed E-state index contributed by atoms with van der Waals surface area (Å²) in [5.74, 6) is -0.691. The highest BCUT2D eigenvalue weighted by molar-refractivity contribution is 6.35. The average molecular weight is 308 g/mol. The molecule has 1 aliphatic heterocycles. The molecule has 0 bridgehead atoms. The van der Waals surface area contributed by atoms with Crippen LogP contribution in [-0.4, -0.2) is 50.3 Å². The second kappa shape index (κ2) is 7.77. The summed E-state index contributed by atoms with van der Waals surface area (Å²) in [6.45, 7) is 1.21. The Morgan fingerprint density at radius 3 is 2.91 bits per heavy atom. The molecule has 0 fully saturated rings. The summed E-state index contributed by atoms with van der Waals surface area (Å²) < 4.78 is 10.2. The molecule has 3 N–H and O–H groups in total. The second-order valence-corrected chi connectivity index (χ2v) is 4.94. The third-order valence-electron chi connectivity index (χ3n) is 3.35. The first kappa shape index (κ1) is 16.3. The molecule has 22 heavy (non-hydrogen) atoms. The minimum absolute atomic E-state index is 0.0316. The van der Waals surface area contributed by atoms with Crippen molar-refractivity contribution in [2.24, 2.45) is 0 Å². The molecular weight excluding hydrogens is 288 g/mol. The minimum Gasteiger partial charge on any atom is -0.493 e. The zero-order valence-electron chi connectivity index (χ0n) is 12.4. The normalized spacial score (nSPS) is 13.9. The van der Waals surface area contributed by atoms with Gasteiger partial charge in [-0.15, -0.1) is 0 Å². The monoisotopic (exact) mass is 308 g/mol. The number of hydrogen-bond acceptors (Lipinski definition) is 5. The van der Waals surface area contributed by atoms with Crippen LogP contribution in [0.1, 0.15) is 17.2 Å². The Kier molecular flexibility index (Phi) is 5.74.